The highest BCUT2D eigenvalue weighted by molar-refractivity contribution is 7.91. The van der Waals surface area contributed by atoms with Crippen molar-refractivity contribution in [2.75, 3.05) is 19.3 Å². The van der Waals surface area contributed by atoms with Gasteiger partial charge >= 0.3 is 6.03 Å². The Hall–Kier alpha value is -1.56. The zero-order valence-electron chi connectivity index (χ0n) is 10.4. The summed E-state index contributed by atoms with van der Waals surface area (Å²) in [5.74, 6) is 0.0925. The van der Waals surface area contributed by atoms with E-state index in [4.69, 9.17) is 0 Å². The van der Waals surface area contributed by atoms with Crippen LogP contribution in [0.25, 0.3) is 0 Å². The van der Waals surface area contributed by atoms with Crippen molar-refractivity contribution in [3.05, 3.63) is 29.8 Å². The molecule has 1 N–H and O–H groups in total. The fraction of sp³-hybridized carbons (Fsp3) is 0.417. The smallest absolute Gasteiger partial charge is 0.317 e. The molecule has 98 valence electrons. The fourth-order valence-electron chi connectivity index (χ4n) is 1.92. The van der Waals surface area contributed by atoms with E-state index in [2.05, 4.69) is 5.32 Å². The molecule has 1 aliphatic rings. The monoisotopic (exact) mass is 268 g/mol. The van der Waals surface area contributed by atoms with Crippen molar-refractivity contribution in [1.29, 1.82) is 0 Å². The van der Waals surface area contributed by atoms with Gasteiger partial charge in [0.2, 0.25) is 0 Å². The van der Waals surface area contributed by atoms with Crippen molar-refractivity contribution in [3.63, 3.8) is 0 Å². The summed E-state index contributed by atoms with van der Waals surface area (Å²) in [7, 11) is -1.43. The van der Waals surface area contributed by atoms with Crippen molar-refractivity contribution in [2.45, 2.75) is 17.9 Å². The van der Waals surface area contributed by atoms with Crippen molar-refractivity contribution in [2.24, 2.45) is 0 Å². The van der Waals surface area contributed by atoms with Crippen molar-refractivity contribution < 1.29 is 13.2 Å². The number of sulfone groups is 1. The molecule has 0 aliphatic carbocycles. The molecule has 0 bridgehead atoms. The number of urea groups is 1. The van der Waals surface area contributed by atoms with Crippen molar-refractivity contribution >= 4 is 15.9 Å². The molecule has 1 aromatic rings. The van der Waals surface area contributed by atoms with Gasteiger partial charge in [0, 0.05) is 13.6 Å². The number of likely N-dealkylation sites (N-methyl/N-ethyl adjacent to an activating group) is 1. The molecule has 1 fully saturated rings. The van der Waals surface area contributed by atoms with Crippen LogP contribution in [0.15, 0.2) is 29.2 Å². The van der Waals surface area contributed by atoms with Crippen LogP contribution in [0.5, 0.6) is 0 Å². The molecule has 2 rings (SSSR count). The summed E-state index contributed by atoms with van der Waals surface area (Å²) in [6.07, 6.45) is 0. The third kappa shape index (κ3) is 2.33. The van der Waals surface area contributed by atoms with E-state index in [1.165, 1.54) is 0 Å². The van der Waals surface area contributed by atoms with E-state index >= 15 is 0 Å². The lowest BCUT2D eigenvalue weighted by molar-refractivity contribution is 0.226. The van der Waals surface area contributed by atoms with Crippen LogP contribution < -0.4 is 5.32 Å². The Morgan fingerprint density at radius 1 is 1.33 bits per heavy atom. The van der Waals surface area contributed by atoms with E-state index in [1.54, 1.807) is 43.1 Å². The molecule has 6 heteroatoms. The Labute approximate surface area is 107 Å². The maximum Gasteiger partial charge on any atom is 0.317 e. The zero-order chi connectivity index (χ0) is 13.3. The van der Waals surface area contributed by atoms with Crippen LogP contribution in [0.3, 0.4) is 0 Å². The molecular formula is C12H16N2O3S. The largest absolute Gasteiger partial charge is 0.329 e. The van der Waals surface area contributed by atoms with Crippen molar-refractivity contribution in [1.82, 2.24) is 10.2 Å². The second kappa shape index (κ2) is 4.61. The first-order valence-corrected chi connectivity index (χ1v) is 7.43. The van der Waals surface area contributed by atoms with Gasteiger partial charge in [0.1, 0.15) is 0 Å². The normalized spacial score (nSPS) is 20.0. The Morgan fingerprint density at radius 2 is 1.94 bits per heavy atom. The third-order valence-electron chi connectivity index (χ3n) is 3.12. The third-order valence-corrected chi connectivity index (χ3v) is 4.87. The standard InChI is InChI=1S/C12H16N2O3S/c1-3-18(16,17)10-6-4-9(5-7-10)11-8-14(2)12(15)13-11/h4-7,11H,3,8H2,1-2H3,(H,13,15). The van der Waals surface area contributed by atoms with Gasteiger partial charge in [0.15, 0.2) is 9.84 Å². The number of nitrogens with zero attached hydrogens (tertiary/aromatic N) is 1. The van der Waals surface area contributed by atoms with Crippen LogP contribution in [0, 0.1) is 0 Å². The fourth-order valence-corrected chi connectivity index (χ4v) is 2.81. The molecule has 0 radical (unpaired) electrons. The number of carbonyl (C=O) groups is 1. The first-order chi connectivity index (χ1) is 8.44. The Bertz CT molecular complexity index is 551. The molecule has 0 spiro atoms. The van der Waals surface area contributed by atoms with E-state index in [-0.39, 0.29) is 17.8 Å². The molecule has 0 aromatic heterocycles. The van der Waals surface area contributed by atoms with E-state index in [0.29, 0.717) is 11.4 Å². The predicted octanol–water partition coefficient (Wildman–Crippen LogP) is 1.18. The minimum atomic E-state index is -3.16. The summed E-state index contributed by atoms with van der Waals surface area (Å²) in [6.45, 7) is 2.22. The maximum absolute atomic E-state index is 11.7. The molecule has 0 saturated carbocycles. The highest BCUT2D eigenvalue weighted by Crippen LogP contribution is 2.21. The average Bonchev–Trinajstić information content (AvgIpc) is 2.70. The van der Waals surface area contributed by atoms with Crippen LogP contribution in [0.2, 0.25) is 0 Å². The average molecular weight is 268 g/mol. The topological polar surface area (TPSA) is 66.5 Å². The minimum Gasteiger partial charge on any atom is -0.329 e. The van der Waals surface area contributed by atoms with Gasteiger partial charge in [0.05, 0.1) is 16.7 Å². The van der Waals surface area contributed by atoms with Gasteiger partial charge in [-0.2, -0.15) is 0 Å². The first kappa shape index (κ1) is 12.9. The molecule has 1 aliphatic heterocycles. The number of hydrogen-bond donors (Lipinski definition) is 1. The number of rotatable bonds is 3. The molecule has 1 aromatic carbocycles. The highest BCUT2D eigenvalue weighted by atomic mass is 32.2. The van der Waals surface area contributed by atoms with Gasteiger partial charge in [-0.15, -0.1) is 0 Å². The molecule has 1 saturated heterocycles. The Morgan fingerprint density at radius 3 is 2.39 bits per heavy atom. The summed E-state index contributed by atoms with van der Waals surface area (Å²) in [6, 6.07) is 6.53. The molecule has 18 heavy (non-hydrogen) atoms. The molecule has 2 amide bonds. The summed E-state index contributed by atoms with van der Waals surface area (Å²) >= 11 is 0. The van der Waals surface area contributed by atoms with E-state index < -0.39 is 9.84 Å². The second-order valence-corrected chi connectivity index (χ2v) is 6.63. The minimum absolute atomic E-state index is 0.0686. The lowest BCUT2D eigenvalue weighted by Gasteiger charge is -2.10. The SMILES string of the molecule is CCS(=O)(=O)c1ccc(C2CN(C)C(=O)N2)cc1. The summed E-state index contributed by atoms with van der Waals surface area (Å²) < 4.78 is 23.3. The lowest BCUT2D eigenvalue weighted by atomic mass is 10.1. The second-order valence-electron chi connectivity index (χ2n) is 4.36. The van der Waals surface area contributed by atoms with Crippen LogP contribution >= 0.6 is 0 Å². The Kier molecular flexibility index (Phi) is 3.30. The molecule has 1 unspecified atom stereocenters. The highest BCUT2D eigenvalue weighted by Gasteiger charge is 2.26. The van der Waals surface area contributed by atoms with E-state index in [0.717, 1.165) is 5.56 Å². The van der Waals surface area contributed by atoms with Gasteiger partial charge < -0.3 is 10.2 Å². The predicted molar refractivity (Wildman–Crippen MR) is 68.1 cm³/mol. The zero-order valence-corrected chi connectivity index (χ0v) is 11.2. The summed E-state index contributed by atoms with van der Waals surface area (Å²) in [4.78, 5) is 13.3. The van der Waals surface area contributed by atoms with Gasteiger partial charge in [-0.05, 0) is 17.7 Å². The quantitative estimate of drug-likeness (QED) is 0.895. The van der Waals surface area contributed by atoms with E-state index in [1.807, 2.05) is 0 Å². The molecule has 5 nitrogen and oxygen atoms in total. The van der Waals surface area contributed by atoms with E-state index in [9.17, 15) is 13.2 Å². The Balaban J connectivity index is 2.21. The van der Waals surface area contributed by atoms with Gasteiger partial charge in [0.25, 0.3) is 0 Å². The van der Waals surface area contributed by atoms with Gasteiger partial charge in [-0.1, -0.05) is 19.1 Å². The number of benzene rings is 1. The molecule has 1 heterocycles. The molecular weight excluding hydrogens is 252 g/mol. The van der Waals surface area contributed by atoms with Crippen molar-refractivity contribution in [3.8, 4) is 0 Å². The number of nitrogens with one attached hydrogen (secondary N) is 1. The first-order valence-electron chi connectivity index (χ1n) is 5.78. The van der Waals surface area contributed by atoms with Crippen LogP contribution in [-0.4, -0.2) is 38.7 Å². The maximum atomic E-state index is 11.7. The number of hydrogen-bond acceptors (Lipinski definition) is 3. The summed E-state index contributed by atoms with van der Waals surface area (Å²) in [5, 5.41) is 2.83. The number of carbonyl (C=O) groups excluding carboxylic acids is 1. The van der Waals surface area contributed by atoms with Crippen LogP contribution in [0.4, 0.5) is 4.79 Å². The van der Waals surface area contributed by atoms with Crippen LogP contribution in [-0.2, 0) is 9.84 Å². The van der Waals surface area contributed by atoms with Crippen LogP contribution in [0.1, 0.15) is 18.5 Å². The number of amides is 2. The van der Waals surface area contributed by atoms with Gasteiger partial charge in [-0.3, -0.25) is 0 Å². The summed E-state index contributed by atoms with van der Waals surface area (Å²) in [5.41, 5.74) is 0.919. The van der Waals surface area contributed by atoms with Gasteiger partial charge in [-0.25, -0.2) is 13.2 Å². The molecule has 1 atom stereocenters. The lowest BCUT2D eigenvalue weighted by Crippen LogP contribution is -2.23.